The van der Waals surface area contributed by atoms with E-state index in [9.17, 15) is 23.3 Å². The van der Waals surface area contributed by atoms with Gasteiger partial charge in [-0.25, -0.2) is 13.8 Å². The van der Waals surface area contributed by atoms with E-state index in [-0.39, 0.29) is 22.0 Å². The third-order valence-corrected chi connectivity index (χ3v) is 6.31. The molecule has 35 heavy (non-hydrogen) atoms. The second-order valence-corrected chi connectivity index (χ2v) is 9.61. The first kappa shape index (κ1) is 25.7. The highest BCUT2D eigenvalue weighted by Gasteiger charge is 2.29. The normalized spacial score (nSPS) is 12.2. The molecule has 0 saturated carbocycles. The Bertz CT molecular complexity index is 1350. The number of benzene rings is 3. The maximum atomic E-state index is 12.7. The van der Waals surface area contributed by atoms with Crippen LogP contribution in [-0.2, 0) is 14.8 Å². The van der Waals surface area contributed by atoms with E-state index in [1.807, 2.05) is 18.2 Å². The van der Waals surface area contributed by atoms with Gasteiger partial charge in [-0.15, -0.1) is 0 Å². The summed E-state index contributed by atoms with van der Waals surface area (Å²) < 4.78 is 31.6. The van der Waals surface area contributed by atoms with E-state index >= 15 is 0 Å². The van der Waals surface area contributed by atoms with E-state index in [1.165, 1.54) is 37.3 Å². The summed E-state index contributed by atoms with van der Waals surface area (Å²) in [5, 5.41) is 14.9. The molecule has 0 aromatic heterocycles. The zero-order valence-electron chi connectivity index (χ0n) is 18.7. The van der Waals surface area contributed by atoms with Crippen molar-refractivity contribution in [1.29, 1.82) is 0 Å². The van der Waals surface area contributed by atoms with Gasteiger partial charge in [-0.3, -0.25) is 19.2 Å². The van der Waals surface area contributed by atoms with Crippen LogP contribution in [0.1, 0.15) is 12.5 Å². The molecule has 3 rings (SSSR count). The molecule has 0 aliphatic rings. The Balaban J connectivity index is 1.75. The number of amides is 1. The van der Waals surface area contributed by atoms with Crippen molar-refractivity contribution in [1.82, 2.24) is 5.43 Å². The second kappa shape index (κ2) is 11.0. The smallest absolute Gasteiger partial charge is 0.270 e. The van der Waals surface area contributed by atoms with Crippen LogP contribution >= 0.6 is 11.6 Å². The van der Waals surface area contributed by atoms with E-state index in [0.717, 1.165) is 16.8 Å². The number of hydrazone groups is 1. The number of halogens is 1. The summed E-state index contributed by atoms with van der Waals surface area (Å²) in [5.41, 5.74) is 2.51. The summed E-state index contributed by atoms with van der Waals surface area (Å²) in [4.78, 5) is 23.0. The van der Waals surface area contributed by atoms with Crippen LogP contribution in [0.3, 0.4) is 0 Å². The van der Waals surface area contributed by atoms with Gasteiger partial charge in [0.15, 0.2) is 0 Å². The maximum Gasteiger partial charge on any atom is 0.270 e. The van der Waals surface area contributed by atoms with Crippen LogP contribution in [0.2, 0.25) is 5.02 Å². The van der Waals surface area contributed by atoms with Gasteiger partial charge in [0.05, 0.1) is 23.1 Å². The van der Waals surface area contributed by atoms with Gasteiger partial charge in [-0.1, -0.05) is 29.8 Å². The Kier molecular flexibility index (Phi) is 8.05. The molecule has 1 amide bonds. The highest BCUT2D eigenvalue weighted by atomic mass is 35.5. The summed E-state index contributed by atoms with van der Waals surface area (Å²) in [6.07, 6.45) is 2.12. The Morgan fingerprint density at radius 1 is 1.11 bits per heavy atom. The van der Waals surface area contributed by atoms with Crippen LogP contribution < -0.4 is 14.5 Å². The number of rotatable bonds is 9. The number of nitro benzene ring substituents is 1. The maximum absolute atomic E-state index is 12.7. The summed E-state index contributed by atoms with van der Waals surface area (Å²) >= 11 is 6.01. The fourth-order valence-corrected chi connectivity index (χ4v) is 4.44. The van der Waals surface area contributed by atoms with E-state index in [0.29, 0.717) is 11.5 Å². The van der Waals surface area contributed by atoms with Crippen molar-refractivity contribution in [2.75, 3.05) is 10.6 Å². The molecule has 0 heterocycles. The molecule has 1 atom stereocenters. The van der Waals surface area contributed by atoms with Crippen molar-refractivity contribution in [2.45, 2.75) is 13.0 Å². The van der Waals surface area contributed by atoms with Gasteiger partial charge in [-0.2, -0.15) is 5.10 Å². The number of nitrogens with one attached hydrogen (secondary N) is 1. The molecule has 3 aromatic carbocycles. The van der Waals surface area contributed by atoms with Crippen molar-refractivity contribution in [2.24, 2.45) is 5.10 Å². The highest BCUT2D eigenvalue weighted by molar-refractivity contribution is 7.92. The zero-order chi connectivity index (χ0) is 25.6. The number of hydrogen-bond acceptors (Lipinski definition) is 7. The Labute approximate surface area is 207 Å². The average Bonchev–Trinajstić information content (AvgIpc) is 2.81. The van der Waals surface area contributed by atoms with Crippen molar-refractivity contribution in [3.05, 3.63) is 93.5 Å². The SMILES string of the molecule is C[C@@H](C(=O)N/N=C\c1cc([N+](=O)[O-])ccc1Cl)N(c1ccc(Oc2ccccc2)cc1)S(C)(=O)=O. The minimum absolute atomic E-state index is 0.192. The number of anilines is 1. The van der Waals surface area contributed by atoms with Crippen LogP contribution in [0.4, 0.5) is 11.4 Å². The number of carbonyl (C=O) groups is 1. The van der Waals surface area contributed by atoms with Gasteiger partial charge in [-0.05, 0) is 49.4 Å². The molecule has 0 aliphatic heterocycles. The molecule has 1 N–H and O–H groups in total. The lowest BCUT2D eigenvalue weighted by Gasteiger charge is -2.27. The summed E-state index contributed by atoms with van der Waals surface area (Å²) in [5.74, 6) is 0.386. The predicted octanol–water partition coefficient (Wildman–Crippen LogP) is 4.35. The first-order chi connectivity index (χ1) is 16.6. The summed E-state index contributed by atoms with van der Waals surface area (Å²) in [6.45, 7) is 1.40. The molecular weight excluding hydrogens is 496 g/mol. The zero-order valence-corrected chi connectivity index (χ0v) is 20.2. The molecule has 0 saturated heterocycles. The average molecular weight is 517 g/mol. The number of ether oxygens (including phenoxy) is 1. The minimum atomic E-state index is -3.85. The van der Waals surface area contributed by atoms with Crippen molar-refractivity contribution in [3.8, 4) is 11.5 Å². The van der Waals surface area contributed by atoms with Crippen LogP contribution in [0, 0.1) is 10.1 Å². The fourth-order valence-electron chi connectivity index (χ4n) is 3.10. The van der Waals surface area contributed by atoms with E-state index in [2.05, 4.69) is 10.5 Å². The van der Waals surface area contributed by atoms with Gasteiger partial charge in [0.25, 0.3) is 11.6 Å². The fraction of sp³-hybridized carbons (Fsp3) is 0.130. The largest absolute Gasteiger partial charge is 0.457 e. The second-order valence-electron chi connectivity index (χ2n) is 7.34. The Morgan fingerprint density at radius 2 is 1.74 bits per heavy atom. The number of hydrogen-bond donors (Lipinski definition) is 1. The summed E-state index contributed by atoms with van der Waals surface area (Å²) in [6, 6.07) is 17.9. The quantitative estimate of drug-likeness (QED) is 0.255. The van der Waals surface area contributed by atoms with Gasteiger partial charge in [0, 0.05) is 22.7 Å². The third-order valence-electron chi connectivity index (χ3n) is 4.73. The van der Waals surface area contributed by atoms with Crippen LogP contribution in [0.5, 0.6) is 11.5 Å². The van der Waals surface area contributed by atoms with Crippen molar-refractivity contribution >= 4 is 45.1 Å². The van der Waals surface area contributed by atoms with Gasteiger partial charge < -0.3 is 4.74 Å². The van der Waals surface area contributed by atoms with Gasteiger partial charge in [0.1, 0.15) is 17.5 Å². The molecule has 182 valence electrons. The molecule has 3 aromatic rings. The molecule has 0 radical (unpaired) electrons. The lowest BCUT2D eigenvalue weighted by atomic mass is 10.2. The van der Waals surface area contributed by atoms with Crippen LogP contribution in [0.15, 0.2) is 77.9 Å². The highest BCUT2D eigenvalue weighted by Crippen LogP contribution is 2.27. The summed E-state index contributed by atoms with van der Waals surface area (Å²) in [7, 11) is -3.85. The van der Waals surface area contributed by atoms with Gasteiger partial charge in [0.2, 0.25) is 10.0 Å². The number of nitrogens with zero attached hydrogens (tertiary/aromatic N) is 3. The topological polar surface area (TPSA) is 131 Å². The molecule has 12 heteroatoms. The van der Waals surface area contributed by atoms with Crippen molar-refractivity contribution in [3.63, 3.8) is 0 Å². The Hall–Kier alpha value is -3.96. The van der Waals surface area contributed by atoms with Crippen LogP contribution in [0.25, 0.3) is 0 Å². The standard InChI is InChI=1S/C23H21ClN4O6S/c1-16(23(29)26-25-15-17-14-19(28(30)31)10-13-22(17)24)27(35(2,32)33)18-8-11-21(12-9-18)34-20-6-4-3-5-7-20/h3-16H,1-2H3,(H,26,29)/b25-15-/t16-/m0/s1. The Morgan fingerprint density at radius 3 is 2.34 bits per heavy atom. The van der Waals surface area contributed by atoms with E-state index in [4.69, 9.17) is 16.3 Å². The lowest BCUT2D eigenvalue weighted by Crippen LogP contribution is -2.46. The first-order valence-electron chi connectivity index (χ1n) is 10.2. The molecular formula is C23H21ClN4O6S. The van der Waals surface area contributed by atoms with Crippen LogP contribution in [-0.4, -0.2) is 37.8 Å². The number of para-hydroxylation sites is 1. The molecule has 0 spiro atoms. The lowest BCUT2D eigenvalue weighted by molar-refractivity contribution is -0.384. The monoisotopic (exact) mass is 516 g/mol. The molecule has 0 fully saturated rings. The number of non-ortho nitro benzene ring substituents is 1. The van der Waals surface area contributed by atoms with Crippen molar-refractivity contribution < 1.29 is 22.9 Å². The minimum Gasteiger partial charge on any atom is -0.457 e. The molecule has 0 bridgehead atoms. The van der Waals surface area contributed by atoms with E-state index in [1.54, 1.807) is 24.3 Å². The molecule has 0 unspecified atom stereocenters. The first-order valence-corrected chi connectivity index (χ1v) is 12.4. The predicted molar refractivity (Wildman–Crippen MR) is 134 cm³/mol. The molecule has 10 nitrogen and oxygen atoms in total. The third kappa shape index (κ3) is 6.78. The number of nitro groups is 1. The van der Waals surface area contributed by atoms with Gasteiger partial charge >= 0.3 is 0 Å². The molecule has 0 aliphatic carbocycles. The van der Waals surface area contributed by atoms with E-state index < -0.39 is 26.9 Å². The number of carbonyl (C=O) groups excluding carboxylic acids is 1. The number of sulfonamides is 1.